The van der Waals surface area contributed by atoms with Crippen molar-refractivity contribution in [3.05, 3.63) is 74.5 Å². The smallest absolute Gasteiger partial charge is 0.291 e. The van der Waals surface area contributed by atoms with Gasteiger partial charge in [0.15, 0.2) is 5.82 Å². The Bertz CT molecular complexity index is 1160. The third kappa shape index (κ3) is 2.92. The average molecular weight is 349 g/mol. The van der Waals surface area contributed by atoms with Gasteiger partial charge < -0.3 is 4.74 Å². The summed E-state index contributed by atoms with van der Waals surface area (Å²) < 4.78 is 7.18. The van der Waals surface area contributed by atoms with E-state index < -0.39 is 0 Å². The first-order valence-corrected chi connectivity index (χ1v) is 8.58. The van der Waals surface area contributed by atoms with Crippen molar-refractivity contribution in [3.8, 4) is 17.1 Å². The van der Waals surface area contributed by atoms with Crippen LogP contribution in [0.2, 0.25) is 0 Å². The average Bonchev–Trinajstić information content (AvgIpc) is 3.16. The van der Waals surface area contributed by atoms with Gasteiger partial charge in [-0.05, 0) is 30.7 Å². The van der Waals surface area contributed by atoms with Crippen molar-refractivity contribution < 1.29 is 4.74 Å². The van der Waals surface area contributed by atoms with Crippen LogP contribution in [0.1, 0.15) is 11.1 Å². The number of aryl methyl sites for hydroxylation is 1. The van der Waals surface area contributed by atoms with Crippen LogP contribution in [0.15, 0.2) is 53.3 Å². The fourth-order valence-electron chi connectivity index (χ4n) is 2.54. The number of thiazole rings is 1. The Morgan fingerprint density at radius 1 is 1.16 bits per heavy atom. The van der Waals surface area contributed by atoms with Crippen LogP contribution in [0.4, 0.5) is 0 Å². The largest absolute Gasteiger partial charge is 0.497 e. The van der Waals surface area contributed by atoms with Gasteiger partial charge in [-0.1, -0.05) is 53.3 Å². The highest BCUT2D eigenvalue weighted by Gasteiger charge is 2.11. The summed E-state index contributed by atoms with van der Waals surface area (Å²) in [5.74, 6) is 1.32. The van der Waals surface area contributed by atoms with Crippen LogP contribution in [0.5, 0.6) is 5.75 Å². The van der Waals surface area contributed by atoms with Gasteiger partial charge in [-0.25, -0.2) is 0 Å². The van der Waals surface area contributed by atoms with Crippen molar-refractivity contribution in [2.45, 2.75) is 6.92 Å². The number of benzene rings is 2. The number of fused-ring (bicyclic) bond motifs is 1. The number of hydrogen-bond acceptors (Lipinski definition) is 5. The Hall–Kier alpha value is -2.99. The second kappa shape index (κ2) is 6.14. The van der Waals surface area contributed by atoms with Gasteiger partial charge in [0, 0.05) is 5.56 Å². The lowest BCUT2D eigenvalue weighted by Gasteiger charge is -1.99. The molecule has 0 aliphatic rings. The number of nitrogens with zero attached hydrogens (tertiary/aromatic N) is 3. The Kier molecular flexibility index (Phi) is 3.82. The molecule has 0 saturated heterocycles. The van der Waals surface area contributed by atoms with E-state index in [4.69, 9.17) is 4.74 Å². The molecular weight excluding hydrogens is 334 g/mol. The Morgan fingerprint density at radius 2 is 1.96 bits per heavy atom. The zero-order valence-corrected chi connectivity index (χ0v) is 14.6. The summed E-state index contributed by atoms with van der Waals surface area (Å²) in [6, 6.07) is 15.5. The molecule has 0 bridgehead atoms. The lowest BCUT2D eigenvalue weighted by molar-refractivity contribution is 0.414. The topological polar surface area (TPSA) is 56.5 Å². The van der Waals surface area contributed by atoms with Gasteiger partial charge in [0.25, 0.3) is 5.56 Å². The third-order valence-corrected chi connectivity index (χ3v) is 4.84. The Balaban J connectivity index is 1.79. The van der Waals surface area contributed by atoms with E-state index in [9.17, 15) is 4.79 Å². The van der Waals surface area contributed by atoms with E-state index in [1.165, 1.54) is 21.4 Å². The molecule has 2 heterocycles. The van der Waals surface area contributed by atoms with Crippen LogP contribution in [0.25, 0.3) is 22.4 Å². The highest BCUT2D eigenvalue weighted by atomic mass is 32.1. The molecule has 25 heavy (non-hydrogen) atoms. The molecule has 0 saturated carbocycles. The lowest BCUT2D eigenvalue weighted by Crippen LogP contribution is -2.23. The molecule has 2 aromatic carbocycles. The maximum absolute atomic E-state index is 12.6. The third-order valence-electron chi connectivity index (χ3n) is 3.88. The van der Waals surface area contributed by atoms with Gasteiger partial charge in [0.1, 0.15) is 5.75 Å². The van der Waals surface area contributed by atoms with Gasteiger partial charge in [-0.3, -0.25) is 4.79 Å². The minimum atomic E-state index is -0.159. The first kappa shape index (κ1) is 15.5. The predicted molar refractivity (Wildman–Crippen MR) is 99.1 cm³/mol. The quantitative estimate of drug-likeness (QED) is 0.571. The highest BCUT2D eigenvalue weighted by molar-refractivity contribution is 7.15. The molecule has 0 fully saturated rings. The van der Waals surface area contributed by atoms with Crippen LogP contribution in [-0.4, -0.2) is 21.7 Å². The standard InChI is InChI=1S/C19H15N3O2S/c1-12-6-8-14(9-7-12)17-20-19-22(21-17)18(23)16(25-19)11-13-4-3-5-15(10-13)24-2/h3-11H,1-2H3/b16-11-. The van der Waals surface area contributed by atoms with Crippen LogP contribution >= 0.6 is 11.3 Å². The maximum Gasteiger partial charge on any atom is 0.291 e. The molecule has 4 aromatic rings. The van der Waals surface area contributed by atoms with Crippen molar-refractivity contribution in [2.75, 3.05) is 7.11 Å². The zero-order chi connectivity index (χ0) is 17.4. The molecule has 0 N–H and O–H groups in total. The molecule has 0 spiro atoms. The summed E-state index contributed by atoms with van der Waals surface area (Å²) in [4.78, 5) is 17.7. The highest BCUT2D eigenvalue weighted by Crippen LogP contribution is 2.17. The molecule has 0 radical (unpaired) electrons. The van der Waals surface area contributed by atoms with Crippen LogP contribution in [0.3, 0.4) is 0 Å². The molecule has 6 heteroatoms. The van der Waals surface area contributed by atoms with Crippen molar-refractivity contribution in [3.63, 3.8) is 0 Å². The number of methoxy groups -OCH3 is 1. The number of rotatable bonds is 3. The minimum absolute atomic E-state index is 0.159. The summed E-state index contributed by atoms with van der Waals surface area (Å²) >= 11 is 1.33. The summed E-state index contributed by atoms with van der Waals surface area (Å²) in [6.07, 6.45) is 1.83. The molecule has 124 valence electrons. The van der Waals surface area contributed by atoms with E-state index in [0.29, 0.717) is 15.3 Å². The van der Waals surface area contributed by atoms with Crippen molar-refractivity contribution in [2.24, 2.45) is 0 Å². The Labute approximate surface area is 147 Å². The molecule has 2 aromatic heterocycles. The molecule has 0 unspecified atom stereocenters. The summed E-state index contributed by atoms with van der Waals surface area (Å²) in [7, 11) is 1.62. The molecule has 5 nitrogen and oxygen atoms in total. The second-order valence-corrected chi connectivity index (χ2v) is 6.70. The molecule has 0 aliphatic carbocycles. The first-order valence-electron chi connectivity index (χ1n) is 7.76. The fraction of sp³-hybridized carbons (Fsp3) is 0.105. The number of ether oxygens (including phenoxy) is 1. The lowest BCUT2D eigenvalue weighted by atomic mass is 10.1. The van der Waals surface area contributed by atoms with Gasteiger partial charge in [0.2, 0.25) is 4.96 Å². The summed E-state index contributed by atoms with van der Waals surface area (Å²) in [5, 5.41) is 4.37. The normalized spacial score (nSPS) is 12.0. The first-order chi connectivity index (χ1) is 12.1. The van der Waals surface area contributed by atoms with E-state index >= 15 is 0 Å². The van der Waals surface area contributed by atoms with E-state index in [1.54, 1.807) is 7.11 Å². The van der Waals surface area contributed by atoms with Gasteiger partial charge in [0.05, 0.1) is 11.6 Å². The maximum atomic E-state index is 12.6. The van der Waals surface area contributed by atoms with E-state index in [-0.39, 0.29) is 5.56 Å². The van der Waals surface area contributed by atoms with Gasteiger partial charge in [-0.15, -0.1) is 5.10 Å². The van der Waals surface area contributed by atoms with E-state index in [0.717, 1.165) is 16.9 Å². The van der Waals surface area contributed by atoms with Crippen molar-refractivity contribution >= 4 is 22.4 Å². The second-order valence-electron chi connectivity index (χ2n) is 5.69. The Morgan fingerprint density at radius 3 is 2.68 bits per heavy atom. The van der Waals surface area contributed by atoms with Crippen molar-refractivity contribution in [1.29, 1.82) is 0 Å². The molecule has 0 amide bonds. The van der Waals surface area contributed by atoms with Crippen molar-refractivity contribution in [1.82, 2.24) is 14.6 Å². The fourth-order valence-corrected chi connectivity index (χ4v) is 3.45. The van der Waals surface area contributed by atoms with Gasteiger partial charge in [-0.2, -0.15) is 9.50 Å². The molecule has 0 atom stereocenters. The van der Waals surface area contributed by atoms with Crippen LogP contribution in [-0.2, 0) is 0 Å². The molecule has 4 rings (SSSR count). The van der Waals surface area contributed by atoms with E-state index in [1.807, 2.05) is 61.5 Å². The van der Waals surface area contributed by atoms with Crippen LogP contribution < -0.4 is 14.8 Å². The number of aromatic nitrogens is 3. The number of hydrogen-bond donors (Lipinski definition) is 0. The minimum Gasteiger partial charge on any atom is -0.497 e. The van der Waals surface area contributed by atoms with Gasteiger partial charge >= 0.3 is 0 Å². The monoisotopic (exact) mass is 349 g/mol. The molecular formula is C19H15N3O2S. The van der Waals surface area contributed by atoms with Crippen LogP contribution in [0, 0.1) is 6.92 Å². The summed E-state index contributed by atoms with van der Waals surface area (Å²) in [6.45, 7) is 2.03. The molecule has 0 aliphatic heterocycles. The van der Waals surface area contributed by atoms with E-state index in [2.05, 4.69) is 10.1 Å². The SMILES string of the molecule is COc1cccc(/C=c2\sc3nc(-c4ccc(C)cc4)nn3c2=O)c1. The zero-order valence-electron chi connectivity index (χ0n) is 13.8. The predicted octanol–water partition coefficient (Wildman–Crippen LogP) is 2.68. The summed E-state index contributed by atoms with van der Waals surface area (Å²) in [5.41, 5.74) is 2.82.